The Morgan fingerprint density at radius 3 is 3.04 bits per heavy atom. The van der Waals surface area contributed by atoms with Gasteiger partial charge in [0.05, 0.1) is 11.1 Å². The zero-order valence-electron chi connectivity index (χ0n) is 14.0. The number of thiophene rings is 1. The highest BCUT2D eigenvalue weighted by Crippen LogP contribution is 2.35. The van der Waals surface area contributed by atoms with Crippen LogP contribution in [0.2, 0.25) is 0 Å². The minimum atomic E-state index is -0.188. The van der Waals surface area contributed by atoms with E-state index in [0.29, 0.717) is 28.8 Å². The van der Waals surface area contributed by atoms with Gasteiger partial charge >= 0.3 is 0 Å². The molecule has 25 heavy (non-hydrogen) atoms. The summed E-state index contributed by atoms with van der Waals surface area (Å²) in [5, 5.41) is 0.787. The number of halogens is 1. The second-order valence-electron chi connectivity index (χ2n) is 6.63. The predicted molar refractivity (Wildman–Crippen MR) is 103 cm³/mol. The van der Waals surface area contributed by atoms with E-state index in [-0.39, 0.29) is 11.4 Å². The second-order valence-corrected chi connectivity index (χ2v) is 8.70. The Morgan fingerprint density at radius 2 is 2.20 bits per heavy atom. The number of hydrogen-bond donors (Lipinski definition) is 1. The summed E-state index contributed by atoms with van der Waals surface area (Å²) in [6.07, 6.45) is 3.16. The Balaban J connectivity index is 1.55. The molecule has 1 aromatic carbocycles. The maximum atomic E-state index is 13.7. The molecule has 0 unspecified atom stereocenters. The number of fused-ring (bicyclic) bond motifs is 3. The maximum absolute atomic E-state index is 13.7. The molecule has 0 fully saturated rings. The van der Waals surface area contributed by atoms with Gasteiger partial charge in [-0.15, -0.1) is 23.1 Å². The van der Waals surface area contributed by atoms with Crippen molar-refractivity contribution in [3.63, 3.8) is 0 Å². The molecule has 2 aromatic heterocycles. The number of benzene rings is 1. The van der Waals surface area contributed by atoms with Crippen LogP contribution in [0, 0.1) is 11.7 Å². The average molecular weight is 375 g/mol. The van der Waals surface area contributed by atoms with E-state index in [2.05, 4.69) is 16.9 Å². The number of thioether (sulfide) groups is 1. The van der Waals surface area contributed by atoms with E-state index in [4.69, 9.17) is 0 Å². The summed E-state index contributed by atoms with van der Waals surface area (Å²) in [6, 6.07) is 6.79. The maximum Gasteiger partial charge on any atom is 0.259 e. The molecule has 0 radical (unpaired) electrons. The SMILES string of the molecule is C[C@H]1CCc2c(sc3nc(CSCc4ccccc4F)[nH]c(=O)c23)C1. The largest absolute Gasteiger partial charge is 0.309 e. The first-order valence-corrected chi connectivity index (χ1v) is 10.4. The molecule has 130 valence electrons. The van der Waals surface area contributed by atoms with Gasteiger partial charge < -0.3 is 4.98 Å². The first-order valence-electron chi connectivity index (χ1n) is 8.46. The van der Waals surface area contributed by atoms with Gasteiger partial charge in [-0.3, -0.25) is 4.79 Å². The van der Waals surface area contributed by atoms with Crippen LogP contribution in [0.1, 0.15) is 35.2 Å². The molecule has 4 rings (SSSR count). The van der Waals surface area contributed by atoms with Crippen LogP contribution >= 0.6 is 23.1 Å². The highest BCUT2D eigenvalue weighted by molar-refractivity contribution is 7.97. The number of aromatic amines is 1. The predicted octanol–water partition coefficient (Wildman–Crippen LogP) is 4.68. The van der Waals surface area contributed by atoms with Crippen molar-refractivity contribution in [1.82, 2.24) is 9.97 Å². The van der Waals surface area contributed by atoms with Crippen molar-refractivity contribution >= 4 is 33.3 Å². The lowest BCUT2D eigenvalue weighted by Crippen LogP contribution is -2.14. The molecule has 6 heteroatoms. The van der Waals surface area contributed by atoms with Crippen LogP contribution in [0.4, 0.5) is 4.39 Å². The Labute approximate surface area is 153 Å². The summed E-state index contributed by atoms with van der Waals surface area (Å²) in [7, 11) is 0. The third-order valence-electron chi connectivity index (χ3n) is 4.67. The summed E-state index contributed by atoms with van der Waals surface area (Å²) in [4.78, 5) is 22.3. The van der Waals surface area contributed by atoms with Gasteiger partial charge in [-0.2, -0.15) is 0 Å². The quantitative estimate of drug-likeness (QED) is 0.721. The molecule has 0 saturated heterocycles. The Morgan fingerprint density at radius 1 is 1.36 bits per heavy atom. The normalized spacial score (nSPS) is 17.0. The monoisotopic (exact) mass is 374 g/mol. The van der Waals surface area contributed by atoms with E-state index >= 15 is 0 Å². The molecule has 0 aliphatic heterocycles. The van der Waals surface area contributed by atoms with Crippen molar-refractivity contribution < 1.29 is 4.39 Å². The van der Waals surface area contributed by atoms with Gasteiger partial charge in [0.25, 0.3) is 5.56 Å². The topological polar surface area (TPSA) is 45.8 Å². The lowest BCUT2D eigenvalue weighted by atomic mass is 9.89. The number of hydrogen-bond acceptors (Lipinski definition) is 4. The molecular formula is C19H19FN2OS2. The fourth-order valence-corrected chi connectivity index (χ4v) is 5.62. The molecule has 0 bridgehead atoms. The van der Waals surface area contributed by atoms with Gasteiger partial charge in [0.15, 0.2) is 0 Å². The molecule has 3 aromatic rings. The minimum Gasteiger partial charge on any atom is -0.309 e. The average Bonchev–Trinajstić information content (AvgIpc) is 2.94. The molecule has 0 amide bonds. The summed E-state index contributed by atoms with van der Waals surface area (Å²) < 4.78 is 13.7. The Kier molecular flexibility index (Phi) is 4.65. The highest BCUT2D eigenvalue weighted by atomic mass is 32.2. The van der Waals surface area contributed by atoms with Crippen LogP contribution in [0.3, 0.4) is 0 Å². The smallest absolute Gasteiger partial charge is 0.259 e. The first-order chi connectivity index (χ1) is 12.1. The van der Waals surface area contributed by atoms with E-state index in [9.17, 15) is 9.18 Å². The van der Waals surface area contributed by atoms with Crippen LogP contribution in [-0.4, -0.2) is 9.97 Å². The second kappa shape index (κ2) is 6.92. The standard InChI is InChI=1S/C19H19FN2OS2/c1-11-6-7-13-15(8-11)25-19-17(13)18(23)21-16(22-19)10-24-9-12-4-2-3-5-14(12)20/h2-5,11H,6-10H2,1H3,(H,21,22,23)/t11-/m0/s1. The highest BCUT2D eigenvalue weighted by Gasteiger charge is 2.22. The number of aromatic nitrogens is 2. The Bertz CT molecular complexity index is 979. The molecule has 0 saturated carbocycles. The number of nitrogens with one attached hydrogen (secondary N) is 1. The molecule has 1 aliphatic carbocycles. The number of nitrogens with zero attached hydrogens (tertiary/aromatic N) is 1. The van der Waals surface area contributed by atoms with Gasteiger partial charge in [0.2, 0.25) is 0 Å². The molecular weight excluding hydrogens is 355 g/mol. The van der Waals surface area contributed by atoms with Crippen molar-refractivity contribution in [3.05, 3.63) is 62.3 Å². The molecule has 2 heterocycles. The number of aryl methyl sites for hydroxylation is 1. The van der Waals surface area contributed by atoms with Crippen molar-refractivity contribution in [2.75, 3.05) is 0 Å². The van der Waals surface area contributed by atoms with Crippen LogP contribution in [0.15, 0.2) is 29.1 Å². The van der Waals surface area contributed by atoms with Crippen molar-refractivity contribution in [2.45, 2.75) is 37.7 Å². The summed E-state index contributed by atoms with van der Waals surface area (Å²) in [5.41, 5.74) is 1.85. The van der Waals surface area contributed by atoms with Gasteiger partial charge in [-0.1, -0.05) is 25.1 Å². The van der Waals surface area contributed by atoms with Crippen molar-refractivity contribution in [3.8, 4) is 0 Å². The van der Waals surface area contributed by atoms with Gasteiger partial charge in [-0.05, 0) is 42.4 Å². The van der Waals surface area contributed by atoms with E-state index in [0.717, 1.165) is 29.5 Å². The van der Waals surface area contributed by atoms with Crippen LogP contribution in [-0.2, 0) is 24.3 Å². The van der Waals surface area contributed by atoms with Crippen LogP contribution in [0.25, 0.3) is 10.2 Å². The molecule has 1 N–H and O–H groups in total. The van der Waals surface area contributed by atoms with Gasteiger partial charge in [0, 0.05) is 10.6 Å². The van der Waals surface area contributed by atoms with Gasteiger partial charge in [0.1, 0.15) is 16.5 Å². The van der Waals surface area contributed by atoms with Crippen molar-refractivity contribution in [2.24, 2.45) is 5.92 Å². The third-order valence-corrected chi connectivity index (χ3v) is 6.81. The van der Waals surface area contributed by atoms with E-state index in [1.807, 2.05) is 6.07 Å². The fourth-order valence-electron chi connectivity index (χ4n) is 3.33. The van der Waals surface area contributed by atoms with Gasteiger partial charge in [-0.25, -0.2) is 9.37 Å². The van der Waals surface area contributed by atoms with Crippen LogP contribution < -0.4 is 5.56 Å². The molecule has 1 atom stereocenters. The first kappa shape index (κ1) is 16.8. The summed E-state index contributed by atoms with van der Waals surface area (Å²) >= 11 is 3.22. The number of rotatable bonds is 4. The summed E-state index contributed by atoms with van der Waals surface area (Å²) in [5.74, 6) is 2.29. The van der Waals surface area contributed by atoms with E-state index < -0.39 is 0 Å². The zero-order valence-corrected chi connectivity index (χ0v) is 15.6. The molecule has 0 spiro atoms. The minimum absolute atomic E-state index is 0.0291. The lowest BCUT2D eigenvalue weighted by Gasteiger charge is -2.17. The molecule has 1 aliphatic rings. The third kappa shape index (κ3) is 3.37. The molecule has 3 nitrogen and oxygen atoms in total. The van der Waals surface area contributed by atoms with E-state index in [1.165, 1.54) is 16.5 Å². The van der Waals surface area contributed by atoms with E-state index in [1.54, 1.807) is 35.2 Å². The van der Waals surface area contributed by atoms with Crippen molar-refractivity contribution in [1.29, 1.82) is 0 Å². The lowest BCUT2D eigenvalue weighted by molar-refractivity contribution is 0.509. The number of H-pyrrole nitrogens is 1. The zero-order chi connectivity index (χ0) is 17.4. The fraction of sp³-hybridized carbons (Fsp3) is 0.368. The van der Waals surface area contributed by atoms with Crippen LogP contribution in [0.5, 0.6) is 0 Å². The summed E-state index contributed by atoms with van der Waals surface area (Å²) in [6.45, 7) is 2.26. The Hall–Kier alpha value is -1.66.